The first-order chi connectivity index (χ1) is 11.7. The highest BCUT2D eigenvalue weighted by Crippen LogP contribution is 2.32. The van der Waals surface area contributed by atoms with Crippen molar-refractivity contribution in [1.82, 2.24) is 0 Å². The zero-order chi connectivity index (χ0) is 19.0. The predicted octanol–water partition coefficient (Wildman–Crippen LogP) is 4.71. The van der Waals surface area contributed by atoms with Crippen LogP contribution in [0.4, 0.5) is 4.79 Å². The summed E-state index contributed by atoms with van der Waals surface area (Å²) in [6.07, 6.45) is 1.02. The Balaban J connectivity index is 3.11. The highest BCUT2D eigenvalue weighted by molar-refractivity contribution is 5.75. The highest BCUT2D eigenvalue weighted by atomic mass is 16.7. The molecule has 25 heavy (non-hydrogen) atoms. The van der Waals surface area contributed by atoms with Crippen LogP contribution in [0.15, 0.2) is 12.1 Å². The summed E-state index contributed by atoms with van der Waals surface area (Å²) in [5.41, 5.74) is 2.40. The molecule has 0 N–H and O–H groups in total. The Morgan fingerprint density at radius 2 is 1.76 bits per heavy atom. The van der Waals surface area contributed by atoms with Crippen LogP contribution in [0.5, 0.6) is 5.75 Å². The lowest BCUT2D eigenvalue weighted by molar-refractivity contribution is -0.142. The number of benzene rings is 1. The second-order valence-corrected chi connectivity index (χ2v) is 7.07. The molecule has 0 heterocycles. The minimum Gasteiger partial charge on any atom is -0.466 e. The highest BCUT2D eigenvalue weighted by Gasteiger charge is 2.22. The van der Waals surface area contributed by atoms with Crippen molar-refractivity contribution < 1.29 is 23.8 Å². The number of hydrogen-bond acceptors (Lipinski definition) is 5. The van der Waals surface area contributed by atoms with E-state index in [9.17, 15) is 9.59 Å². The minimum absolute atomic E-state index is 0.0518. The molecule has 0 spiro atoms. The molecule has 140 valence electrons. The van der Waals surface area contributed by atoms with E-state index in [4.69, 9.17) is 14.2 Å². The monoisotopic (exact) mass is 350 g/mol. The van der Waals surface area contributed by atoms with Gasteiger partial charge in [-0.2, -0.15) is 0 Å². The summed E-state index contributed by atoms with van der Waals surface area (Å²) >= 11 is 0. The average molecular weight is 350 g/mol. The zero-order valence-corrected chi connectivity index (χ0v) is 16.2. The van der Waals surface area contributed by atoms with Gasteiger partial charge in [0.05, 0.1) is 19.6 Å². The third-order valence-electron chi connectivity index (χ3n) is 3.76. The molecule has 0 unspecified atom stereocenters. The van der Waals surface area contributed by atoms with Crippen LogP contribution < -0.4 is 4.74 Å². The maximum absolute atomic E-state index is 11.9. The van der Waals surface area contributed by atoms with Gasteiger partial charge in [-0.05, 0) is 36.8 Å². The predicted molar refractivity (Wildman–Crippen MR) is 97.1 cm³/mol. The molecule has 0 aliphatic carbocycles. The Morgan fingerprint density at radius 3 is 2.32 bits per heavy atom. The third kappa shape index (κ3) is 6.77. The number of unbranched alkanes of at least 4 members (excludes halogenated alkanes) is 1. The SMILES string of the molecule is CCCCOC(=O)Oc1c(C)cc(C(C)(C)C)cc1CC(=O)OCC. The lowest BCUT2D eigenvalue weighted by Crippen LogP contribution is -2.18. The molecule has 0 aromatic heterocycles. The van der Waals surface area contributed by atoms with Crippen LogP contribution in [-0.2, 0) is 26.1 Å². The number of hydrogen-bond donors (Lipinski definition) is 0. The van der Waals surface area contributed by atoms with Crippen molar-refractivity contribution in [3.63, 3.8) is 0 Å². The maximum atomic E-state index is 11.9. The van der Waals surface area contributed by atoms with Crippen molar-refractivity contribution in [2.75, 3.05) is 13.2 Å². The maximum Gasteiger partial charge on any atom is 0.513 e. The molecule has 0 aliphatic rings. The van der Waals surface area contributed by atoms with Crippen molar-refractivity contribution >= 4 is 12.1 Å². The van der Waals surface area contributed by atoms with Gasteiger partial charge < -0.3 is 14.2 Å². The number of ether oxygens (including phenoxy) is 3. The molecule has 5 nitrogen and oxygen atoms in total. The summed E-state index contributed by atoms with van der Waals surface area (Å²) in [5.74, 6) is 0.0275. The van der Waals surface area contributed by atoms with Crippen LogP contribution in [0.25, 0.3) is 0 Å². The van der Waals surface area contributed by atoms with E-state index >= 15 is 0 Å². The Labute approximate surface area is 150 Å². The summed E-state index contributed by atoms with van der Waals surface area (Å²) in [7, 11) is 0. The van der Waals surface area contributed by atoms with E-state index in [1.54, 1.807) is 6.92 Å². The Kier molecular flexibility index (Phi) is 7.94. The number of carbonyl (C=O) groups is 2. The zero-order valence-electron chi connectivity index (χ0n) is 16.2. The molecule has 0 radical (unpaired) electrons. The van der Waals surface area contributed by atoms with Crippen molar-refractivity contribution in [1.29, 1.82) is 0 Å². The number of rotatable bonds is 7. The first-order valence-electron chi connectivity index (χ1n) is 8.83. The van der Waals surface area contributed by atoms with E-state index in [1.807, 2.05) is 26.0 Å². The molecule has 0 saturated heterocycles. The molecule has 0 bridgehead atoms. The van der Waals surface area contributed by atoms with Crippen LogP contribution in [0.2, 0.25) is 0 Å². The van der Waals surface area contributed by atoms with E-state index < -0.39 is 6.16 Å². The first kappa shape index (κ1) is 21.0. The molecule has 0 aliphatic heterocycles. The van der Waals surface area contributed by atoms with Crippen molar-refractivity contribution in [3.8, 4) is 5.75 Å². The van der Waals surface area contributed by atoms with E-state index in [2.05, 4.69) is 20.8 Å². The lowest BCUT2D eigenvalue weighted by atomic mass is 9.84. The van der Waals surface area contributed by atoms with Gasteiger partial charge in [-0.25, -0.2) is 4.79 Å². The summed E-state index contributed by atoms with van der Waals surface area (Å²) in [6.45, 7) is 12.5. The van der Waals surface area contributed by atoms with Gasteiger partial charge >= 0.3 is 12.1 Å². The Morgan fingerprint density at radius 1 is 1.08 bits per heavy atom. The number of carbonyl (C=O) groups excluding carboxylic acids is 2. The van der Waals surface area contributed by atoms with Crippen molar-refractivity contribution in [2.45, 2.75) is 66.2 Å². The van der Waals surface area contributed by atoms with Gasteiger partial charge in [0.15, 0.2) is 0 Å². The molecule has 0 saturated carbocycles. The molecule has 1 aromatic carbocycles. The lowest BCUT2D eigenvalue weighted by Gasteiger charge is -2.22. The van der Waals surface area contributed by atoms with Crippen LogP contribution in [-0.4, -0.2) is 25.3 Å². The quantitative estimate of drug-likeness (QED) is 0.405. The fraction of sp³-hybridized carbons (Fsp3) is 0.600. The fourth-order valence-electron chi connectivity index (χ4n) is 2.34. The van der Waals surface area contributed by atoms with Gasteiger partial charge in [-0.15, -0.1) is 0 Å². The van der Waals surface area contributed by atoms with Crippen LogP contribution >= 0.6 is 0 Å². The third-order valence-corrected chi connectivity index (χ3v) is 3.76. The van der Waals surface area contributed by atoms with Crippen molar-refractivity contribution in [3.05, 3.63) is 28.8 Å². The smallest absolute Gasteiger partial charge is 0.466 e. The molecule has 1 rings (SSSR count). The Bertz CT molecular complexity index is 599. The molecule has 0 fully saturated rings. The molecule has 5 heteroatoms. The molecule has 0 atom stereocenters. The topological polar surface area (TPSA) is 61.8 Å². The van der Waals surface area contributed by atoms with Gasteiger partial charge in [0.1, 0.15) is 5.75 Å². The molecular weight excluding hydrogens is 320 g/mol. The molecule has 1 aromatic rings. The standard InChI is InChI=1S/C20H30O5/c1-7-9-10-24-19(22)25-18-14(3)11-16(20(4,5)6)12-15(18)13-17(21)23-8-2/h11-12H,7-10,13H2,1-6H3. The number of aryl methyl sites for hydroxylation is 1. The summed E-state index contributed by atoms with van der Waals surface area (Å²) < 4.78 is 15.5. The summed E-state index contributed by atoms with van der Waals surface area (Å²) in [6, 6.07) is 3.88. The molecule has 0 amide bonds. The van der Waals surface area contributed by atoms with Crippen LogP contribution in [0, 0.1) is 6.92 Å². The van der Waals surface area contributed by atoms with Gasteiger partial charge in [-0.1, -0.05) is 46.2 Å². The van der Waals surface area contributed by atoms with Gasteiger partial charge in [-0.3, -0.25) is 4.79 Å². The molecular formula is C20H30O5. The van der Waals surface area contributed by atoms with Crippen LogP contribution in [0.1, 0.15) is 64.2 Å². The summed E-state index contributed by atoms with van der Waals surface area (Å²) in [5, 5.41) is 0. The van der Waals surface area contributed by atoms with E-state index in [0.29, 0.717) is 24.5 Å². The minimum atomic E-state index is -0.745. The van der Waals surface area contributed by atoms with Gasteiger partial charge in [0.2, 0.25) is 0 Å². The van der Waals surface area contributed by atoms with E-state index in [-0.39, 0.29) is 17.8 Å². The normalized spacial score (nSPS) is 11.1. The van der Waals surface area contributed by atoms with Crippen LogP contribution in [0.3, 0.4) is 0 Å². The second-order valence-electron chi connectivity index (χ2n) is 7.07. The second kappa shape index (κ2) is 9.44. The first-order valence-corrected chi connectivity index (χ1v) is 8.83. The van der Waals surface area contributed by atoms with Gasteiger partial charge in [0, 0.05) is 5.56 Å². The largest absolute Gasteiger partial charge is 0.513 e. The summed E-state index contributed by atoms with van der Waals surface area (Å²) in [4.78, 5) is 23.9. The van der Waals surface area contributed by atoms with E-state index in [0.717, 1.165) is 24.0 Å². The average Bonchev–Trinajstić information content (AvgIpc) is 2.50. The fourth-order valence-corrected chi connectivity index (χ4v) is 2.34. The van der Waals surface area contributed by atoms with Crippen molar-refractivity contribution in [2.24, 2.45) is 0 Å². The Hall–Kier alpha value is -2.04. The van der Waals surface area contributed by atoms with E-state index in [1.165, 1.54) is 0 Å². The van der Waals surface area contributed by atoms with Gasteiger partial charge in [0.25, 0.3) is 0 Å². The number of esters is 1.